The number of nitrogens with one attached hydrogen (secondary N) is 1. The molecule has 1 atom stereocenters. The Kier molecular flexibility index (Phi) is 4.46. The van der Waals surface area contributed by atoms with Crippen LogP contribution in [0.3, 0.4) is 0 Å². The van der Waals surface area contributed by atoms with Gasteiger partial charge in [-0.1, -0.05) is 12.1 Å². The molecule has 0 fully saturated rings. The number of halogens is 2. The molecule has 2 N–H and O–H groups in total. The second-order valence-electron chi connectivity index (χ2n) is 5.09. The molecule has 124 valence electrons. The molecular weight excluding hydrogens is 336 g/mol. The molecule has 0 aliphatic heterocycles. The van der Waals surface area contributed by atoms with E-state index in [4.69, 9.17) is 4.42 Å². The van der Waals surface area contributed by atoms with Crippen LogP contribution in [-0.2, 0) is 5.60 Å². The van der Waals surface area contributed by atoms with E-state index in [9.17, 15) is 18.7 Å². The topological polar surface area (TPSA) is 62.5 Å². The Morgan fingerprint density at radius 3 is 2.50 bits per heavy atom. The smallest absolute Gasteiger partial charge is 0.257 e. The van der Waals surface area contributed by atoms with Gasteiger partial charge in [-0.05, 0) is 35.7 Å². The number of hydrogen-bond donors (Lipinski definition) is 2. The summed E-state index contributed by atoms with van der Waals surface area (Å²) >= 11 is 1.27. The lowest BCUT2D eigenvalue weighted by Gasteiger charge is -2.25. The van der Waals surface area contributed by atoms with E-state index in [-0.39, 0.29) is 12.3 Å². The quantitative estimate of drug-likeness (QED) is 0.743. The van der Waals surface area contributed by atoms with Gasteiger partial charge in [0, 0.05) is 4.88 Å². The summed E-state index contributed by atoms with van der Waals surface area (Å²) in [5.74, 6) is -2.67. The minimum atomic E-state index is -1.63. The maximum absolute atomic E-state index is 13.7. The molecule has 0 bridgehead atoms. The standard InChI is InChI=1S/C17H13F2NO3S/c18-11-4-1-5-12(19)15(11)16(21)20-10-17(22,13-6-2-8-23-13)14-7-3-9-24-14/h1-9,22H,10H2,(H,20,21). The number of furan rings is 1. The van der Waals surface area contributed by atoms with Crippen LogP contribution in [0.25, 0.3) is 0 Å². The summed E-state index contributed by atoms with van der Waals surface area (Å²) in [4.78, 5) is 12.7. The lowest BCUT2D eigenvalue weighted by atomic mass is 9.98. The molecule has 0 aliphatic rings. The molecule has 24 heavy (non-hydrogen) atoms. The number of aliphatic hydroxyl groups is 1. The molecule has 3 aromatic rings. The van der Waals surface area contributed by atoms with Crippen LogP contribution in [0.5, 0.6) is 0 Å². The number of rotatable bonds is 5. The lowest BCUT2D eigenvalue weighted by molar-refractivity contribution is 0.0551. The average Bonchev–Trinajstić information content (AvgIpc) is 3.25. The monoisotopic (exact) mass is 349 g/mol. The van der Waals surface area contributed by atoms with Gasteiger partial charge in [0.05, 0.1) is 12.8 Å². The van der Waals surface area contributed by atoms with Crippen molar-refractivity contribution in [2.75, 3.05) is 6.54 Å². The van der Waals surface area contributed by atoms with Crippen molar-refractivity contribution in [1.82, 2.24) is 5.32 Å². The Bertz CT molecular complexity index is 777. The van der Waals surface area contributed by atoms with Crippen molar-refractivity contribution in [2.45, 2.75) is 5.60 Å². The largest absolute Gasteiger partial charge is 0.466 e. The van der Waals surface area contributed by atoms with Gasteiger partial charge >= 0.3 is 0 Å². The summed E-state index contributed by atoms with van der Waals surface area (Å²) in [5, 5.41) is 15.1. The predicted octanol–water partition coefficient (Wildman–Crippen LogP) is 3.29. The Balaban J connectivity index is 1.86. The molecule has 1 unspecified atom stereocenters. The zero-order chi connectivity index (χ0) is 17.2. The molecule has 3 rings (SSSR count). The first kappa shape index (κ1) is 16.4. The summed E-state index contributed by atoms with van der Waals surface area (Å²) in [6.45, 7) is -0.298. The number of thiophene rings is 1. The van der Waals surface area contributed by atoms with Gasteiger partial charge in [-0.15, -0.1) is 11.3 Å². The third-order valence-corrected chi connectivity index (χ3v) is 4.57. The van der Waals surface area contributed by atoms with Gasteiger partial charge in [0.15, 0.2) is 5.60 Å². The Morgan fingerprint density at radius 2 is 1.92 bits per heavy atom. The fourth-order valence-corrected chi connectivity index (χ4v) is 3.16. The second kappa shape index (κ2) is 6.54. The third kappa shape index (κ3) is 2.95. The van der Waals surface area contributed by atoms with Crippen LogP contribution in [0.1, 0.15) is 21.0 Å². The summed E-state index contributed by atoms with van der Waals surface area (Å²) in [6, 6.07) is 9.76. The van der Waals surface area contributed by atoms with Crippen molar-refractivity contribution in [3.8, 4) is 0 Å². The third-order valence-electron chi connectivity index (χ3n) is 3.55. The minimum absolute atomic E-state index is 0.222. The number of benzene rings is 1. The van der Waals surface area contributed by atoms with E-state index in [1.54, 1.807) is 29.6 Å². The summed E-state index contributed by atoms with van der Waals surface area (Å²) in [6.07, 6.45) is 1.40. The number of carbonyl (C=O) groups is 1. The maximum atomic E-state index is 13.7. The van der Waals surface area contributed by atoms with Gasteiger partial charge in [-0.25, -0.2) is 8.78 Å². The normalized spacial score (nSPS) is 13.5. The van der Waals surface area contributed by atoms with Crippen LogP contribution in [0.15, 0.2) is 58.5 Å². The summed E-state index contributed by atoms with van der Waals surface area (Å²) in [5.41, 5.74) is -2.32. The highest BCUT2D eigenvalue weighted by Crippen LogP contribution is 2.32. The zero-order valence-electron chi connectivity index (χ0n) is 12.3. The van der Waals surface area contributed by atoms with Gasteiger partial charge in [0.2, 0.25) is 0 Å². The second-order valence-corrected chi connectivity index (χ2v) is 6.04. The lowest BCUT2D eigenvalue weighted by Crippen LogP contribution is -2.41. The van der Waals surface area contributed by atoms with E-state index < -0.39 is 28.7 Å². The van der Waals surface area contributed by atoms with Crippen LogP contribution in [-0.4, -0.2) is 17.6 Å². The van der Waals surface area contributed by atoms with Gasteiger partial charge in [-0.2, -0.15) is 0 Å². The summed E-state index contributed by atoms with van der Waals surface area (Å²) in [7, 11) is 0. The van der Waals surface area contributed by atoms with Crippen molar-refractivity contribution in [3.63, 3.8) is 0 Å². The molecule has 7 heteroatoms. The fourth-order valence-electron chi connectivity index (χ4n) is 2.33. The van der Waals surface area contributed by atoms with E-state index in [0.717, 1.165) is 12.1 Å². The Morgan fingerprint density at radius 1 is 1.17 bits per heavy atom. The fraction of sp³-hybridized carbons (Fsp3) is 0.118. The summed E-state index contributed by atoms with van der Waals surface area (Å²) < 4.78 is 32.6. The van der Waals surface area contributed by atoms with Crippen LogP contribution < -0.4 is 5.32 Å². The number of hydrogen-bond acceptors (Lipinski definition) is 4. The zero-order valence-corrected chi connectivity index (χ0v) is 13.1. The van der Waals surface area contributed by atoms with E-state index >= 15 is 0 Å². The first-order valence-electron chi connectivity index (χ1n) is 7.05. The highest BCUT2D eigenvalue weighted by atomic mass is 32.1. The molecule has 0 saturated carbocycles. The molecule has 2 aromatic heterocycles. The molecular formula is C17H13F2NO3S. The average molecular weight is 349 g/mol. The van der Waals surface area contributed by atoms with Crippen molar-refractivity contribution in [3.05, 3.63) is 81.9 Å². The SMILES string of the molecule is O=C(NCC(O)(c1ccco1)c1cccs1)c1c(F)cccc1F. The van der Waals surface area contributed by atoms with E-state index in [0.29, 0.717) is 4.88 Å². The van der Waals surface area contributed by atoms with Crippen molar-refractivity contribution >= 4 is 17.2 Å². The van der Waals surface area contributed by atoms with E-state index in [2.05, 4.69) is 5.32 Å². The first-order valence-corrected chi connectivity index (χ1v) is 7.93. The highest BCUT2D eigenvalue weighted by molar-refractivity contribution is 7.10. The maximum Gasteiger partial charge on any atom is 0.257 e. The van der Waals surface area contributed by atoms with Crippen LogP contribution in [0.4, 0.5) is 8.78 Å². The van der Waals surface area contributed by atoms with Crippen molar-refractivity contribution < 1.29 is 23.1 Å². The Labute approximate surface area is 140 Å². The molecule has 0 aliphatic carbocycles. The van der Waals surface area contributed by atoms with Gasteiger partial charge in [0.25, 0.3) is 5.91 Å². The number of amides is 1. The molecule has 0 spiro atoms. The molecule has 1 aromatic carbocycles. The van der Waals surface area contributed by atoms with Gasteiger partial charge < -0.3 is 14.8 Å². The molecule has 2 heterocycles. The molecule has 0 saturated heterocycles. The minimum Gasteiger partial charge on any atom is -0.466 e. The van der Waals surface area contributed by atoms with Crippen LogP contribution >= 0.6 is 11.3 Å². The van der Waals surface area contributed by atoms with Crippen molar-refractivity contribution in [1.29, 1.82) is 0 Å². The highest BCUT2D eigenvalue weighted by Gasteiger charge is 2.36. The molecule has 4 nitrogen and oxygen atoms in total. The van der Waals surface area contributed by atoms with Crippen LogP contribution in [0, 0.1) is 11.6 Å². The predicted molar refractivity (Wildman–Crippen MR) is 84.7 cm³/mol. The number of carbonyl (C=O) groups excluding carboxylic acids is 1. The first-order chi connectivity index (χ1) is 11.5. The van der Waals surface area contributed by atoms with Crippen molar-refractivity contribution in [2.24, 2.45) is 0 Å². The van der Waals surface area contributed by atoms with E-state index in [1.807, 2.05) is 0 Å². The van der Waals surface area contributed by atoms with Gasteiger partial charge in [0.1, 0.15) is 23.0 Å². The van der Waals surface area contributed by atoms with Gasteiger partial charge in [-0.3, -0.25) is 4.79 Å². The molecule has 1 amide bonds. The van der Waals surface area contributed by atoms with Crippen LogP contribution in [0.2, 0.25) is 0 Å². The Hall–Kier alpha value is -2.51. The van der Waals surface area contributed by atoms with E-state index in [1.165, 1.54) is 23.7 Å². The molecule has 0 radical (unpaired) electrons.